The monoisotopic (exact) mass is 356 g/mol. The number of anilines is 1. The van der Waals surface area contributed by atoms with Crippen molar-refractivity contribution < 1.29 is 14.5 Å². The van der Waals surface area contributed by atoms with E-state index >= 15 is 0 Å². The number of ether oxygens (including phenoxy) is 1. The summed E-state index contributed by atoms with van der Waals surface area (Å²) in [4.78, 5) is 24.1. The molecule has 2 rings (SSSR count). The quantitative estimate of drug-likeness (QED) is 0.467. The predicted molar refractivity (Wildman–Crippen MR) is 99.8 cm³/mol. The van der Waals surface area contributed by atoms with E-state index in [1.165, 1.54) is 18.3 Å². The Hall–Kier alpha value is -3.42. The Bertz CT molecular complexity index is 834. The fraction of sp³-hybridized carbons (Fsp3) is 0.222. The van der Waals surface area contributed by atoms with Gasteiger partial charge in [0.05, 0.1) is 11.1 Å². The first-order chi connectivity index (χ1) is 12.4. The number of amides is 1. The Balaban J connectivity index is 2.01. The molecule has 0 fully saturated rings. The van der Waals surface area contributed by atoms with Gasteiger partial charge in [0.2, 0.25) is 0 Å². The molecule has 0 bridgehead atoms. The van der Waals surface area contributed by atoms with Gasteiger partial charge in [0.25, 0.3) is 11.6 Å². The van der Waals surface area contributed by atoms with E-state index in [1.807, 2.05) is 39.2 Å². The first-order valence-corrected chi connectivity index (χ1v) is 7.84. The minimum absolute atomic E-state index is 0.0498. The van der Waals surface area contributed by atoms with Crippen LogP contribution in [0, 0.1) is 17.0 Å². The summed E-state index contributed by atoms with van der Waals surface area (Å²) in [5.41, 5.74) is 4.49. The molecule has 0 saturated heterocycles. The van der Waals surface area contributed by atoms with Crippen LogP contribution in [0.15, 0.2) is 47.6 Å². The summed E-state index contributed by atoms with van der Waals surface area (Å²) >= 11 is 0. The lowest BCUT2D eigenvalue weighted by atomic mass is 10.1. The van der Waals surface area contributed by atoms with Crippen molar-refractivity contribution in [1.82, 2.24) is 5.43 Å². The van der Waals surface area contributed by atoms with Crippen molar-refractivity contribution in [2.75, 3.05) is 25.6 Å². The molecule has 0 spiro atoms. The Morgan fingerprint density at radius 1 is 1.31 bits per heavy atom. The molecule has 0 aliphatic rings. The molecule has 0 saturated carbocycles. The van der Waals surface area contributed by atoms with Gasteiger partial charge in [0.1, 0.15) is 5.75 Å². The van der Waals surface area contributed by atoms with Gasteiger partial charge in [0.15, 0.2) is 6.61 Å². The second kappa shape index (κ2) is 8.61. The summed E-state index contributed by atoms with van der Waals surface area (Å²) < 4.78 is 5.43. The molecule has 0 radical (unpaired) electrons. The van der Waals surface area contributed by atoms with Crippen LogP contribution in [0.3, 0.4) is 0 Å². The maximum absolute atomic E-state index is 11.8. The molecule has 0 aliphatic heterocycles. The van der Waals surface area contributed by atoms with Crippen LogP contribution in [0.5, 0.6) is 5.75 Å². The number of hydrazone groups is 1. The maximum Gasteiger partial charge on any atom is 0.277 e. The van der Waals surface area contributed by atoms with Gasteiger partial charge in [-0.15, -0.1) is 0 Å². The zero-order valence-corrected chi connectivity index (χ0v) is 14.8. The first kappa shape index (κ1) is 18.9. The fourth-order valence-corrected chi connectivity index (χ4v) is 2.23. The maximum atomic E-state index is 11.8. The van der Waals surface area contributed by atoms with Crippen molar-refractivity contribution >= 4 is 23.5 Å². The van der Waals surface area contributed by atoms with Gasteiger partial charge in [-0.3, -0.25) is 14.9 Å². The van der Waals surface area contributed by atoms with Crippen molar-refractivity contribution in [2.24, 2.45) is 5.10 Å². The summed E-state index contributed by atoms with van der Waals surface area (Å²) in [7, 11) is 3.63. The van der Waals surface area contributed by atoms with E-state index < -0.39 is 10.8 Å². The Morgan fingerprint density at radius 2 is 2.04 bits per heavy atom. The predicted octanol–water partition coefficient (Wildman–Crippen LogP) is 2.50. The number of rotatable bonds is 7. The second-order valence-electron chi connectivity index (χ2n) is 5.74. The lowest BCUT2D eigenvalue weighted by molar-refractivity contribution is -0.384. The average Bonchev–Trinajstić information content (AvgIpc) is 2.60. The van der Waals surface area contributed by atoms with Gasteiger partial charge in [-0.25, -0.2) is 5.43 Å². The summed E-state index contributed by atoms with van der Waals surface area (Å²) in [5.74, 6) is 0.196. The second-order valence-corrected chi connectivity index (χ2v) is 5.74. The number of carbonyl (C=O) groups is 1. The van der Waals surface area contributed by atoms with Gasteiger partial charge in [-0.1, -0.05) is 18.2 Å². The highest BCUT2D eigenvalue weighted by atomic mass is 16.6. The molecule has 0 atom stereocenters. The van der Waals surface area contributed by atoms with Crippen LogP contribution in [0.1, 0.15) is 11.1 Å². The zero-order chi connectivity index (χ0) is 19.1. The Labute approximate surface area is 151 Å². The smallest absolute Gasteiger partial charge is 0.277 e. The first-order valence-electron chi connectivity index (χ1n) is 7.84. The van der Waals surface area contributed by atoms with Gasteiger partial charge in [-0.05, 0) is 24.6 Å². The summed E-state index contributed by atoms with van der Waals surface area (Å²) in [5, 5.41) is 14.8. The molecular formula is C18H20N4O4. The summed E-state index contributed by atoms with van der Waals surface area (Å²) in [6.07, 6.45) is 1.37. The van der Waals surface area contributed by atoms with E-state index in [2.05, 4.69) is 10.5 Å². The van der Waals surface area contributed by atoms with Crippen molar-refractivity contribution in [1.29, 1.82) is 0 Å². The minimum atomic E-state index is -0.481. The molecule has 1 N–H and O–H groups in total. The van der Waals surface area contributed by atoms with Gasteiger partial charge < -0.3 is 9.64 Å². The van der Waals surface area contributed by atoms with Crippen LogP contribution in [0.4, 0.5) is 11.4 Å². The van der Waals surface area contributed by atoms with Crippen LogP contribution in [0.25, 0.3) is 0 Å². The number of nitro groups is 1. The van der Waals surface area contributed by atoms with Crippen LogP contribution in [-0.2, 0) is 4.79 Å². The molecule has 8 nitrogen and oxygen atoms in total. The molecule has 8 heteroatoms. The normalized spacial score (nSPS) is 10.6. The molecule has 2 aromatic carbocycles. The highest BCUT2D eigenvalue weighted by Crippen LogP contribution is 2.22. The van der Waals surface area contributed by atoms with E-state index in [9.17, 15) is 14.9 Å². The standard InChI is InChI=1S/C18H20N4O4/c1-13-6-4-5-7-17(13)26-12-18(23)20-19-11-14-10-15(22(24)25)8-9-16(14)21(2)3/h4-11H,12H2,1-3H3,(H,20,23)/b19-11-. The van der Waals surface area contributed by atoms with Crippen LogP contribution < -0.4 is 15.1 Å². The SMILES string of the molecule is Cc1ccccc1OCC(=O)N/N=C\c1cc([N+](=O)[O-])ccc1N(C)C. The Morgan fingerprint density at radius 3 is 2.69 bits per heavy atom. The van der Waals surface area contributed by atoms with Crippen molar-refractivity contribution in [3.05, 3.63) is 63.7 Å². The number of hydrogen-bond donors (Lipinski definition) is 1. The number of nitrogens with one attached hydrogen (secondary N) is 1. The fourth-order valence-electron chi connectivity index (χ4n) is 2.23. The number of hydrogen-bond acceptors (Lipinski definition) is 6. The van der Waals surface area contributed by atoms with Crippen LogP contribution in [-0.4, -0.2) is 37.7 Å². The number of benzene rings is 2. The van der Waals surface area contributed by atoms with E-state index in [0.29, 0.717) is 11.3 Å². The van der Waals surface area contributed by atoms with Crippen molar-refractivity contribution in [3.63, 3.8) is 0 Å². The third-order valence-corrected chi connectivity index (χ3v) is 3.55. The zero-order valence-electron chi connectivity index (χ0n) is 14.8. The molecule has 2 aromatic rings. The van der Waals surface area contributed by atoms with E-state index in [4.69, 9.17) is 4.74 Å². The molecule has 0 unspecified atom stereocenters. The van der Waals surface area contributed by atoms with Gasteiger partial charge in [0, 0.05) is 37.5 Å². The van der Waals surface area contributed by atoms with Crippen LogP contribution >= 0.6 is 0 Å². The minimum Gasteiger partial charge on any atom is -0.483 e. The average molecular weight is 356 g/mol. The molecular weight excluding hydrogens is 336 g/mol. The molecule has 0 heterocycles. The number of nitro benzene ring substituents is 1. The van der Waals surface area contributed by atoms with E-state index in [-0.39, 0.29) is 12.3 Å². The van der Waals surface area contributed by atoms with Gasteiger partial charge in [-0.2, -0.15) is 5.10 Å². The highest BCUT2D eigenvalue weighted by Gasteiger charge is 2.11. The molecule has 26 heavy (non-hydrogen) atoms. The third kappa shape index (κ3) is 5.04. The summed E-state index contributed by atoms with van der Waals surface area (Å²) in [6.45, 7) is 1.70. The molecule has 0 aromatic heterocycles. The van der Waals surface area contributed by atoms with Gasteiger partial charge >= 0.3 is 0 Å². The molecule has 0 aliphatic carbocycles. The highest BCUT2D eigenvalue weighted by molar-refractivity contribution is 5.90. The molecule has 1 amide bonds. The van der Waals surface area contributed by atoms with E-state index in [0.717, 1.165) is 11.3 Å². The van der Waals surface area contributed by atoms with Crippen molar-refractivity contribution in [2.45, 2.75) is 6.92 Å². The number of non-ortho nitro benzene ring substituents is 1. The number of carbonyl (C=O) groups excluding carboxylic acids is 1. The summed E-state index contributed by atoms with van der Waals surface area (Å²) in [6, 6.07) is 11.8. The number of nitrogens with zero attached hydrogens (tertiary/aromatic N) is 3. The molecule has 136 valence electrons. The topological polar surface area (TPSA) is 97.1 Å². The Kier molecular flexibility index (Phi) is 6.26. The number of para-hydroxylation sites is 1. The van der Waals surface area contributed by atoms with Crippen molar-refractivity contribution in [3.8, 4) is 5.75 Å². The number of aryl methyl sites for hydroxylation is 1. The lowest BCUT2D eigenvalue weighted by Gasteiger charge is -2.14. The van der Waals surface area contributed by atoms with E-state index in [1.54, 1.807) is 17.0 Å². The third-order valence-electron chi connectivity index (χ3n) is 3.55. The lowest BCUT2D eigenvalue weighted by Crippen LogP contribution is -2.24. The largest absolute Gasteiger partial charge is 0.483 e. The van der Waals surface area contributed by atoms with Crippen LogP contribution in [0.2, 0.25) is 0 Å².